The first-order chi connectivity index (χ1) is 25.1. The van der Waals surface area contributed by atoms with Crippen LogP contribution >= 0.6 is 0 Å². The van der Waals surface area contributed by atoms with Gasteiger partial charge in [-0.15, -0.1) is 0 Å². The Balaban J connectivity index is 1.11. The van der Waals surface area contributed by atoms with Gasteiger partial charge < -0.3 is 9.13 Å². The highest BCUT2D eigenvalue weighted by atomic mass is 15.0. The van der Waals surface area contributed by atoms with Crippen molar-refractivity contribution >= 4 is 54.4 Å². The van der Waals surface area contributed by atoms with Crippen molar-refractivity contribution in [2.45, 2.75) is 19.3 Å². The van der Waals surface area contributed by atoms with Gasteiger partial charge >= 0.3 is 0 Å². The van der Waals surface area contributed by atoms with Gasteiger partial charge in [-0.2, -0.15) is 0 Å². The molecule has 0 radical (unpaired) electrons. The molecule has 0 unspecified atom stereocenters. The van der Waals surface area contributed by atoms with Crippen molar-refractivity contribution in [2.24, 2.45) is 0 Å². The fourth-order valence-electron chi connectivity index (χ4n) is 9.08. The minimum Gasteiger partial charge on any atom is -0.309 e. The molecule has 2 aromatic heterocycles. The summed E-state index contributed by atoms with van der Waals surface area (Å²) >= 11 is 0. The number of benzene rings is 8. The van der Waals surface area contributed by atoms with E-state index < -0.39 is 0 Å². The predicted molar refractivity (Wildman–Crippen MR) is 216 cm³/mol. The molecule has 2 heteroatoms. The van der Waals surface area contributed by atoms with Crippen molar-refractivity contribution in [3.05, 3.63) is 181 Å². The molecule has 0 bridgehead atoms. The molecule has 1 aliphatic rings. The molecule has 2 heterocycles. The van der Waals surface area contributed by atoms with Crippen molar-refractivity contribution in [1.29, 1.82) is 0 Å². The SMILES string of the molecule is CC1(C)c2ccccc2-c2c(-n3c4ccccc4c4cc(-c5ccc6c(c5)c5ccccc5n6-c5ccc6ccccc6c5)ccc43)cccc21. The van der Waals surface area contributed by atoms with E-state index in [-0.39, 0.29) is 5.41 Å². The minimum absolute atomic E-state index is 0.0517. The predicted octanol–water partition coefficient (Wildman–Crippen LogP) is 13.0. The number of hydrogen-bond acceptors (Lipinski definition) is 0. The molecule has 0 spiro atoms. The van der Waals surface area contributed by atoms with Gasteiger partial charge in [-0.3, -0.25) is 0 Å². The molecule has 10 aromatic rings. The maximum Gasteiger partial charge on any atom is 0.0543 e. The van der Waals surface area contributed by atoms with Crippen LogP contribution in [0.5, 0.6) is 0 Å². The molecular weight excluding hydrogens is 617 g/mol. The molecule has 2 nitrogen and oxygen atoms in total. The van der Waals surface area contributed by atoms with Crippen molar-refractivity contribution in [3.63, 3.8) is 0 Å². The summed E-state index contributed by atoms with van der Waals surface area (Å²) in [4.78, 5) is 0. The Bertz CT molecular complexity index is 3060. The van der Waals surface area contributed by atoms with Gasteiger partial charge in [0.15, 0.2) is 0 Å². The summed E-state index contributed by atoms with van der Waals surface area (Å²) in [6.07, 6.45) is 0. The van der Waals surface area contributed by atoms with E-state index in [0.29, 0.717) is 0 Å². The second-order valence-corrected chi connectivity index (χ2v) is 14.6. The second kappa shape index (κ2) is 10.3. The lowest BCUT2D eigenvalue weighted by Crippen LogP contribution is -2.14. The number of hydrogen-bond donors (Lipinski definition) is 0. The maximum atomic E-state index is 2.49. The van der Waals surface area contributed by atoms with Crippen LogP contribution in [-0.4, -0.2) is 9.13 Å². The number of aromatic nitrogens is 2. The lowest BCUT2D eigenvalue weighted by atomic mass is 9.82. The Hall–Kier alpha value is -6.38. The normalized spacial score (nSPS) is 13.5. The molecule has 0 amide bonds. The summed E-state index contributed by atoms with van der Waals surface area (Å²) in [5.74, 6) is 0. The second-order valence-electron chi connectivity index (χ2n) is 14.6. The van der Waals surface area contributed by atoms with Crippen molar-refractivity contribution in [3.8, 4) is 33.6 Å². The first-order valence-corrected chi connectivity index (χ1v) is 17.9. The van der Waals surface area contributed by atoms with E-state index in [4.69, 9.17) is 0 Å². The topological polar surface area (TPSA) is 9.86 Å². The third-order valence-electron chi connectivity index (χ3n) is 11.5. The molecule has 240 valence electrons. The fraction of sp³-hybridized carbons (Fsp3) is 0.0612. The molecule has 0 atom stereocenters. The largest absolute Gasteiger partial charge is 0.309 e. The van der Waals surface area contributed by atoms with E-state index in [1.807, 2.05) is 0 Å². The number of rotatable bonds is 3. The average Bonchev–Trinajstić information content (AvgIpc) is 3.77. The first kappa shape index (κ1) is 28.5. The van der Waals surface area contributed by atoms with Crippen LogP contribution in [0.1, 0.15) is 25.0 Å². The van der Waals surface area contributed by atoms with Crippen LogP contribution in [0.15, 0.2) is 170 Å². The van der Waals surface area contributed by atoms with Gasteiger partial charge in [-0.05, 0) is 93.2 Å². The lowest BCUT2D eigenvalue weighted by Gasteiger charge is -2.21. The summed E-state index contributed by atoms with van der Waals surface area (Å²) in [5, 5.41) is 7.57. The zero-order valence-corrected chi connectivity index (χ0v) is 28.6. The molecule has 0 saturated carbocycles. The average molecular weight is 651 g/mol. The molecule has 0 N–H and O–H groups in total. The van der Waals surface area contributed by atoms with Gasteiger partial charge in [0.05, 0.1) is 27.8 Å². The Labute approximate surface area is 296 Å². The standard InChI is InChI=1S/C49H34N2/c1-49(2)41-17-8-5-16-38(41)48-42(49)18-11-21-47(48)51-44-20-10-7-15-37(44)40-30-34(24-27-46(40)51)33-23-26-45-39(29-33)36-14-6-9-19-43(36)50(45)35-25-22-31-12-3-4-13-32(31)28-35/h3-30H,1-2H3. The monoisotopic (exact) mass is 650 g/mol. The van der Waals surface area contributed by atoms with E-state index in [2.05, 4.69) is 193 Å². The molecule has 1 aliphatic carbocycles. The Kier molecular flexibility index (Phi) is 5.76. The number of para-hydroxylation sites is 2. The van der Waals surface area contributed by atoms with Crippen LogP contribution in [0.3, 0.4) is 0 Å². The van der Waals surface area contributed by atoms with Gasteiger partial charge in [0.2, 0.25) is 0 Å². The zero-order valence-electron chi connectivity index (χ0n) is 28.6. The van der Waals surface area contributed by atoms with Crippen molar-refractivity contribution in [1.82, 2.24) is 9.13 Å². The Morgan fingerprint density at radius 3 is 1.71 bits per heavy atom. The van der Waals surface area contributed by atoms with Crippen LogP contribution < -0.4 is 0 Å². The number of nitrogens with zero attached hydrogens (tertiary/aromatic N) is 2. The minimum atomic E-state index is -0.0517. The van der Waals surface area contributed by atoms with E-state index in [1.54, 1.807) is 0 Å². The van der Waals surface area contributed by atoms with Crippen LogP contribution in [0.25, 0.3) is 88.0 Å². The highest BCUT2D eigenvalue weighted by molar-refractivity contribution is 6.13. The van der Waals surface area contributed by atoms with Crippen molar-refractivity contribution in [2.75, 3.05) is 0 Å². The van der Waals surface area contributed by atoms with E-state index >= 15 is 0 Å². The number of fused-ring (bicyclic) bond motifs is 10. The van der Waals surface area contributed by atoms with Crippen LogP contribution in [0.4, 0.5) is 0 Å². The smallest absolute Gasteiger partial charge is 0.0543 e. The van der Waals surface area contributed by atoms with Crippen LogP contribution in [0, 0.1) is 0 Å². The quantitative estimate of drug-likeness (QED) is 0.180. The summed E-state index contributed by atoms with van der Waals surface area (Å²) in [6, 6.07) is 62.9. The summed E-state index contributed by atoms with van der Waals surface area (Å²) in [6.45, 7) is 4.71. The van der Waals surface area contributed by atoms with Gasteiger partial charge in [-0.1, -0.05) is 129 Å². The highest BCUT2D eigenvalue weighted by Gasteiger charge is 2.37. The summed E-state index contributed by atoms with van der Waals surface area (Å²) < 4.78 is 4.90. The van der Waals surface area contributed by atoms with E-state index in [9.17, 15) is 0 Å². The molecule has 11 rings (SSSR count). The van der Waals surface area contributed by atoms with Gasteiger partial charge in [0.1, 0.15) is 0 Å². The van der Waals surface area contributed by atoms with E-state index in [1.165, 1.54) is 99.1 Å². The Morgan fingerprint density at radius 2 is 0.961 bits per heavy atom. The Morgan fingerprint density at radius 1 is 0.392 bits per heavy atom. The first-order valence-electron chi connectivity index (χ1n) is 17.9. The fourth-order valence-corrected chi connectivity index (χ4v) is 9.08. The van der Waals surface area contributed by atoms with Gasteiger partial charge in [0.25, 0.3) is 0 Å². The third kappa shape index (κ3) is 3.93. The maximum absolute atomic E-state index is 2.49. The molecule has 51 heavy (non-hydrogen) atoms. The molecular formula is C49H34N2. The van der Waals surface area contributed by atoms with Gasteiger partial charge in [0, 0.05) is 38.2 Å². The lowest BCUT2D eigenvalue weighted by molar-refractivity contribution is 0.660. The van der Waals surface area contributed by atoms with Crippen LogP contribution in [-0.2, 0) is 5.41 Å². The summed E-state index contributed by atoms with van der Waals surface area (Å²) in [7, 11) is 0. The van der Waals surface area contributed by atoms with Crippen molar-refractivity contribution < 1.29 is 0 Å². The molecule has 0 saturated heterocycles. The third-order valence-corrected chi connectivity index (χ3v) is 11.5. The van der Waals surface area contributed by atoms with Gasteiger partial charge in [-0.25, -0.2) is 0 Å². The zero-order chi connectivity index (χ0) is 33.8. The molecule has 8 aromatic carbocycles. The highest BCUT2D eigenvalue weighted by Crippen LogP contribution is 2.51. The summed E-state index contributed by atoms with van der Waals surface area (Å²) in [5.41, 5.74) is 15.2. The molecule has 0 aliphatic heterocycles. The van der Waals surface area contributed by atoms with E-state index in [0.717, 1.165) is 0 Å². The molecule has 0 fully saturated rings. The van der Waals surface area contributed by atoms with Crippen LogP contribution in [0.2, 0.25) is 0 Å².